The van der Waals surface area contributed by atoms with E-state index < -0.39 is 0 Å². The quantitative estimate of drug-likeness (QED) is 0.321. The van der Waals surface area contributed by atoms with Crippen LogP contribution in [0.2, 0.25) is 0 Å². The van der Waals surface area contributed by atoms with E-state index in [9.17, 15) is 0 Å². The summed E-state index contributed by atoms with van der Waals surface area (Å²) in [6.07, 6.45) is 0.819. The summed E-state index contributed by atoms with van der Waals surface area (Å²) in [5, 5.41) is 0. The van der Waals surface area contributed by atoms with Crippen molar-refractivity contribution in [3.05, 3.63) is 58.7 Å². The van der Waals surface area contributed by atoms with Gasteiger partial charge in [-0.1, -0.05) is 121 Å². The molecule has 0 radical (unpaired) electrons. The molecule has 2 heteroatoms. The van der Waals surface area contributed by atoms with Gasteiger partial charge >= 0.3 is 0 Å². The summed E-state index contributed by atoms with van der Waals surface area (Å²) in [6.45, 7) is 31.7. The second-order valence-electron chi connectivity index (χ2n) is 14.1. The Bertz CT molecular complexity index is 1000. The second-order valence-corrected chi connectivity index (χ2v) is 14.1. The van der Waals surface area contributed by atoms with E-state index in [1.807, 2.05) is 0 Å². The van der Waals surface area contributed by atoms with Gasteiger partial charge in [-0.15, -0.1) is 0 Å². The van der Waals surface area contributed by atoms with Gasteiger partial charge in [0.05, 0.1) is 11.4 Å². The maximum Gasteiger partial charge on any atom is 0.0667 e. The van der Waals surface area contributed by atoms with Crippen molar-refractivity contribution in [2.45, 2.75) is 114 Å². The molecule has 0 N–H and O–H groups in total. The van der Waals surface area contributed by atoms with E-state index >= 15 is 0 Å². The van der Waals surface area contributed by atoms with Crippen LogP contribution >= 0.6 is 0 Å². The molecule has 0 aromatic heterocycles. The fourth-order valence-corrected chi connectivity index (χ4v) is 4.90. The highest BCUT2D eigenvalue weighted by atomic mass is 14.8. The number of hydrogen-bond donors (Lipinski definition) is 0. The molecule has 2 aromatic carbocycles. The molecule has 0 saturated carbocycles. The van der Waals surface area contributed by atoms with Crippen LogP contribution in [-0.4, -0.2) is 11.4 Å². The molecule has 0 spiro atoms. The third-order valence-corrected chi connectivity index (χ3v) is 7.15. The highest BCUT2D eigenvalue weighted by Gasteiger charge is 2.20. The lowest BCUT2D eigenvalue weighted by atomic mass is 9.84. The topological polar surface area (TPSA) is 24.7 Å². The van der Waals surface area contributed by atoms with Crippen LogP contribution in [0, 0.1) is 23.7 Å². The van der Waals surface area contributed by atoms with Crippen LogP contribution in [0.15, 0.2) is 46.4 Å². The van der Waals surface area contributed by atoms with Crippen LogP contribution in [-0.2, 0) is 17.3 Å². The lowest BCUT2D eigenvalue weighted by Gasteiger charge is -2.23. The van der Waals surface area contributed by atoms with Crippen molar-refractivity contribution in [1.29, 1.82) is 0 Å². The molecule has 0 amide bonds. The molecule has 2 nitrogen and oxygen atoms in total. The van der Waals surface area contributed by atoms with Gasteiger partial charge < -0.3 is 0 Å². The summed E-state index contributed by atoms with van der Waals surface area (Å²) in [5.74, 6) is 1.66. The number of benzene rings is 2. The fraction of sp³-hybridized carbons (Fsp3) is 0.600. The van der Waals surface area contributed by atoms with Gasteiger partial charge in [0.15, 0.2) is 0 Å². The first kappa shape index (κ1) is 31.0. The number of nitrogens with zero attached hydrogens (tertiary/aromatic N) is 2. The number of aliphatic imine (C=N–C) groups is 2. The molecule has 0 aliphatic heterocycles. The molecular weight excluding hydrogens is 448 g/mol. The van der Waals surface area contributed by atoms with Crippen molar-refractivity contribution in [2.24, 2.45) is 33.7 Å². The van der Waals surface area contributed by atoms with Gasteiger partial charge in [0.2, 0.25) is 0 Å². The number of hydrogen-bond acceptors (Lipinski definition) is 2. The maximum absolute atomic E-state index is 5.31. The molecule has 0 fully saturated rings. The van der Waals surface area contributed by atoms with Gasteiger partial charge in [-0.3, -0.25) is 9.98 Å². The van der Waals surface area contributed by atoms with Crippen molar-refractivity contribution in [2.75, 3.05) is 0 Å². The Hall–Kier alpha value is -2.22. The van der Waals surface area contributed by atoms with Crippen molar-refractivity contribution in [1.82, 2.24) is 0 Å². The largest absolute Gasteiger partial charge is 0.257 e. The standard InChI is InChI=1S/C35H54N2/c1-22(2)32(23(3)4)36-30-20-28(34(9,10)11)17-15-26(30)19-27-16-18-29(35(12,13)14)21-31(27)37-33(24(5)6)25(7)8/h15-18,20-25H,19H2,1-14H3. The fourth-order valence-electron chi connectivity index (χ4n) is 4.90. The first-order valence-electron chi connectivity index (χ1n) is 14.4. The smallest absolute Gasteiger partial charge is 0.0667 e. The Morgan fingerprint density at radius 1 is 0.541 bits per heavy atom. The van der Waals surface area contributed by atoms with Gasteiger partial charge in [0, 0.05) is 17.8 Å². The molecule has 0 bridgehead atoms. The minimum atomic E-state index is 0.0753. The second kappa shape index (κ2) is 12.1. The first-order chi connectivity index (χ1) is 16.9. The van der Waals surface area contributed by atoms with Crippen molar-refractivity contribution in [3.63, 3.8) is 0 Å². The summed E-state index contributed by atoms with van der Waals surface area (Å²) in [5.41, 5.74) is 10.1. The third-order valence-electron chi connectivity index (χ3n) is 7.15. The summed E-state index contributed by atoms with van der Waals surface area (Å²) in [6, 6.07) is 13.8. The van der Waals surface area contributed by atoms with Crippen LogP contribution in [0.1, 0.15) is 119 Å². The van der Waals surface area contributed by atoms with E-state index in [0.717, 1.165) is 17.8 Å². The van der Waals surface area contributed by atoms with Gasteiger partial charge in [0.25, 0.3) is 0 Å². The van der Waals surface area contributed by atoms with E-state index in [4.69, 9.17) is 9.98 Å². The Kier molecular flexibility index (Phi) is 10.1. The van der Waals surface area contributed by atoms with E-state index in [-0.39, 0.29) is 10.8 Å². The predicted molar refractivity (Wildman–Crippen MR) is 167 cm³/mol. The first-order valence-corrected chi connectivity index (χ1v) is 14.4. The normalized spacial score (nSPS) is 12.6. The van der Waals surface area contributed by atoms with Gasteiger partial charge in [-0.2, -0.15) is 0 Å². The van der Waals surface area contributed by atoms with Gasteiger partial charge in [-0.05, 0) is 68.9 Å². The average Bonchev–Trinajstić information content (AvgIpc) is 2.74. The van der Waals surface area contributed by atoms with Crippen LogP contribution in [0.5, 0.6) is 0 Å². The minimum absolute atomic E-state index is 0.0753. The van der Waals surface area contributed by atoms with Gasteiger partial charge in [-0.25, -0.2) is 0 Å². The lowest BCUT2D eigenvalue weighted by molar-refractivity contribution is 0.590. The summed E-state index contributed by atoms with van der Waals surface area (Å²) in [4.78, 5) is 10.6. The molecule has 0 unspecified atom stereocenters. The molecule has 204 valence electrons. The zero-order valence-electron chi connectivity index (χ0n) is 26.4. The maximum atomic E-state index is 5.31. The van der Waals surface area contributed by atoms with E-state index in [2.05, 4.69) is 133 Å². The third kappa shape index (κ3) is 8.39. The minimum Gasteiger partial charge on any atom is -0.257 e. The predicted octanol–water partition coefficient (Wildman–Crippen LogP) is 10.6. The zero-order valence-corrected chi connectivity index (χ0v) is 26.4. The Balaban J connectivity index is 2.77. The Morgan fingerprint density at radius 3 is 1.08 bits per heavy atom. The molecule has 0 heterocycles. The van der Waals surface area contributed by atoms with Crippen molar-refractivity contribution in [3.8, 4) is 0 Å². The highest BCUT2D eigenvalue weighted by molar-refractivity contribution is 5.91. The molecule has 0 saturated heterocycles. The van der Waals surface area contributed by atoms with Crippen LogP contribution < -0.4 is 0 Å². The number of rotatable bonds is 8. The SMILES string of the molecule is CC(C)C(=Nc1cc(C(C)(C)C)ccc1Cc1ccc(C(C)(C)C)cc1N=C(C(C)C)C(C)C)C(C)C. The highest BCUT2D eigenvalue weighted by Crippen LogP contribution is 2.35. The molecule has 0 aliphatic rings. The summed E-state index contributed by atoms with van der Waals surface area (Å²) >= 11 is 0. The van der Waals surface area contributed by atoms with E-state index in [0.29, 0.717) is 23.7 Å². The Morgan fingerprint density at radius 2 is 0.838 bits per heavy atom. The van der Waals surface area contributed by atoms with E-state index in [1.165, 1.54) is 33.7 Å². The molecule has 0 aliphatic carbocycles. The molecular formula is C35H54N2. The lowest BCUT2D eigenvalue weighted by Crippen LogP contribution is -2.16. The summed E-state index contributed by atoms with van der Waals surface area (Å²) in [7, 11) is 0. The monoisotopic (exact) mass is 502 g/mol. The Labute approximate surface area is 229 Å². The van der Waals surface area contributed by atoms with Crippen LogP contribution in [0.4, 0.5) is 11.4 Å². The molecule has 0 atom stereocenters. The molecule has 2 rings (SSSR count). The van der Waals surface area contributed by atoms with Gasteiger partial charge in [0.1, 0.15) is 0 Å². The molecule has 2 aromatic rings. The van der Waals surface area contributed by atoms with Crippen molar-refractivity contribution < 1.29 is 0 Å². The zero-order chi connectivity index (χ0) is 28.3. The summed E-state index contributed by atoms with van der Waals surface area (Å²) < 4.78 is 0. The average molecular weight is 503 g/mol. The van der Waals surface area contributed by atoms with E-state index in [1.54, 1.807) is 0 Å². The van der Waals surface area contributed by atoms with Crippen molar-refractivity contribution >= 4 is 22.8 Å². The van der Waals surface area contributed by atoms with Crippen LogP contribution in [0.3, 0.4) is 0 Å². The molecule has 37 heavy (non-hydrogen) atoms. The van der Waals surface area contributed by atoms with Crippen LogP contribution in [0.25, 0.3) is 0 Å².